The number of nitrogens with zero attached hydrogens (tertiary/aromatic N) is 2. The van der Waals surface area contributed by atoms with E-state index in [1.54, 1.807) is 16.8 Å². The molecule has 0 N–H and O–H groups in total. The fraction of sp³-hybridized carbons (Fsp3) is 0.615. The Balaban J connectivity index is 1.36. The number of amides is 2. The van der Waals surface area contributed by atoms with Crippen LogP contribution in [-0.2, 0) is 28.6 Å². The molecule has 2 amide bonds. The van der Waals surface area contributed by atoms with Gasteiger partial charge in [-0.2, -0.15) is 0 Å². The summed E-state index contributed by atoms with van der Waals surface area (Å²) in [6, 6.07) is 21.7. The summed E-state index contributed by atoms with van der Waals surface area (Å²) in [7, 11) is 3.55. The minimum absolute atomic E-state index is 0.0197. The Morgan fingerprint density at radius 1 is 0.562 bits per heavy atom. The van der Waals surface area contributed by atoms with Gasteiger partial charge in [0.25, 0.3) is 0 Å². The highest BCUT2D eigenvalue weighted by Gasteiger charge is 2.14. The molecule has 0 radical (unpaired) electrons. The first-order chi connectivity index (χ1) is 23.4. The van der Waals surface area contributed by atoms with Crippen molar-refractivity contribution in [3.63, 3.8) is 0 Å². The van der Waals surface area contributed by atoms with Crippen molar-refractivity contribution in [2.45, 2.75) is 82.8 Å². The van der Waals surface area contributed by atoms with Crippen LogP contribution < -0.4 is 0 Å². The number of ketones is 1. The van der Waals surface area contributed by atoms with Gasteiger partial charge >= 0.3 is 0 Å². The van der Waals surface area contributed by atoms with E-state index >= 15 is 0 Å². The van der Waals surface area contributed by atoms with Gasteiger partial charge in [0.15, 0.2) is 0 Å². The molecule has 0 aliphatic carbocycles. The fourth-order valence-electron chi connectivity index (χ4n) is 5.14. The lowest BCUT2D eigenvalue weighted by Gasteiger charge is -2.17. The van der Waals surface area contributed by atoms with Crippen LogP contribution in [-0.4, -0.2) is 100.0 Å². The third kappa shape index (κ3) is 19.9. The third-order valence-corrected chi connectivity index (χ3v) is 9.60. The molecule has 0 fully saturated rings. The Kier molecular flexibility index (Phi) is 23.4. The van der Waals surface area contributed by atoms with Crippen molar-refractivity contribution in [1.29, 1.82) is 0 Å². The van der Waals surface area contributed by atoms with Gasteiger partial charge in [0.1, 0.15) is 5.78 Å². The Labute approximate surface area is 294 Å². The molecule has 2 aromatic carbocycles. The molecule has 0 spiro atoms. The summed E-state index contributed by atoms with van der Waals surface area (Å²) in [5.74, 6) is 1.32. The number of likely N-dealkylation sites (N-methyl/N-ethyl adjacent to an activating group) is 2. The number of benzene rings is 2. The van der Waals surface area contributed by atoms with E-state index in [2.05, 4.69) is 72.4 Å². The zero-order valence-electron chi connectivity index (χ0n) is 29.7. The van der Waals surface area contributed by atoms with Crippen molar-refractivity contribution < 1.29 is 28.6 Å². The quantitative estimate of drug-likeness (QED) is 0.0829. The summed E-state index contributed by atoms with van der Waals surface area (Å²) in [6.07, 6.45) is 10.7. The normalized spacial score (nSPS) is 11.2. The maximum absolute atomic E-state index is 12.4. The Hall–Kier alpha value is -2.72. The topological polar surface area (TPSA) is 85.4 Å². The van der Waals surface area contributed by atoms with E-state index in [0.29, 0.717) is 64.4 Å². The van der Waals surface area contributed by atoms with Gasteiger partial charge in [0.05, 0.1) is 44.9 Å². The molecule has 8 nitrogen and oxygen atoms in total. The molecular formula is C39H60N2O6S. The monoisotopic (exact) mass is 684 g/mol. The van der Waals surface area contributed by atoms with Gasteiger partial charge in [0, 0.05) is 46.4 Å². The zero-order valence-corrected chi connectivity index (χ0v) is 30.6. The molecule has 0 heterocycles. The van der Waals surface area contributed by atoms with Gasteiger partial charge in [0.2, 0.25) is 11.8 Å². The SMILES string of the molecule is CC(=O)CCC(=O)N(C)CCOCCOCCOCCN(C)C(=O)CCCCCCCCCCSC(c1ccccc1)c1ccccc1. The molecule has 0 aliphatic heterocycles. The van der Waals surface area contributed by atoms with Gasteiger partial charge in [-0.3, -0.25) is 9.59 Å². The number of rotatable bonds is 29. The molecule has 48 heavy (non-hydrogen) atoms. The largest absolute Gasteiger partial charge is 0.377 e. The summed E-state index contributed by atoms with van der Waals surface area (Å²) in [4.78, 5) is 38.6. The highest BCUT2D eigenvalue weighted by molar-refractivity contribution is 7.99. The number of hydrogen-bond donors (Lipinski definition) is 0. The number of unbranched alkanes of at least 4 members (excludes halogenated alkanes) is 7. The Bertz CT molecular complexity index is 1080. The molecular weight excluding hydrogens is 625 g/mol. The maximum Gasteiger partial charge on any atom is 0.222 e. The van der Waals surface area contributed by atoms with Gasteiger partial charge in [-0.25, -0.2) is 0 Å². The smallest absolute Gasteiger partial charge is 0.222 e. The minimum atomic E-state index is -0.0512. The van der Waals surface area contributed by atoms with Crippen LogP contribution in [0.3, 0.4) is 0 Å². The summed E-state index contributed by atoms with van der Waals surface area (Å²) in [5, 5.41) is 0.398. The lowest BCUT2D eigenvalue weighted by atomic mass is 10.0. The first-order valence-corrected chi connectivity index (χ1v) is 18.9. The van der Waals surface area contributed by atoms with Crippen molar-refractivity contribution in [2.75, 3.05) is 72.6 Å². The van der Waals surface area contributed by atoms with Crippen LogP contribution in [0.15, 0.2) is 60.7 Å². The van der Waals surface area contributed by atoms with Crippen LogP contribution in [0.25, 0.3) is 0 Å². The summed E-state index contributed by atoms with van der Waals surface area (Å²) in [6.45, 7) is 5.30. The predicted octanol–water partition coefficient (Wildman–Crippen LogP) is 7.36. The molecule has 0 atom stereocenters. The van der Waals surface area contributed by atoms with Crippen molar-refractivity contribution in [2.24, 2.45) is 0 Å². The van der Waals surface area contributed by atoms with E-state index < -0.39 is 0 Å². The summed E-state index contributed by atoms with van der Waals surface area (Å²) in [5.41, 5.74) is 2.76. The number of ether oxygens (including phenoxy) is 3. The summed E-state index contributed by atoms with van der Waals surface area (Å²) >= 11 is 2.05. The van der Waals surface area contributed by atoms with Crippen LogP contribution in [0.4, 0.5) is 0 Å². The number of thioether (sulfide) groups is 1. The highest BCUT2D eigenvalue weighted by atomic mass is 32.2. The van der Waals surface area contributed by atoms with Crippen LogP contribution in [0.5, 0.6) is 0 Å². The lowest BCUT2D eigenvalue weighted by Crippen LogP contribution is -2.30. The third-order valence-electron chi connectivity index (χ3n) is 8.20. The molecule has 0 aromatic heterocycles. The Morgan fingerprint density at radius 3 is 1.46 bits per heavy atom. The second kappa shape index (κ2) is 27.1. The highest BCUT2D eigenvalue weighted by Crippen LogP contribution is 2.36. The van der Waals surface area contributed by atoms with Gasteiger partial charge in [-0.05, 0) is 36.6 Å². The van der Waals surface area contributed by atoms with Crippen LogP contribution >= 0.6 is 11.8 Å². The lowest BCUT2D eigenvalue weighted by molar-refractivity contribution is -0.132. The molecule has 0 saturated heterocycles. The van der Waals surface area contributed by atoms with Crippen LogP contribution in [0.1, 0.15) is 93.9 Å². The second-order valence-electron chi connectivity index (χ2n) is 12.3. The number of hydrogen-bond acceptors (Lipinski definition) is 7. The Morgan fingerprint density at radius 2 is 0.979 bits per heavy atom. The molecule has 0 bridgehead atoms. The van der Waals surface area contributed by atoms with Crippen molar-refractivity contribution >= 4 is 29.4 Å². The van der Waals surface area contributed by atoms with Crippen molar-refractivity contribution in [1.82, 2.24) is 9.80 Å². The van der Waals surface area contributed by atoms with E-state index in [4.69, 9.17) is 14.2 Å². The second-order valence-corrected chi connectivity index (χ2v) is 13.5. The van der Waals surface area contributed by atoms with Crippen molar-refractivity contribution in [3.8, 4) is 0 Å². The molecule has 0 aliphatic rings. The molecule has 2 aromatic rings. The molecule has 0 unspecified atom stereocenters. The van der Waals surface area contributed by atoms with Crippen molar-refractivity contribution in [3.05, 3.63) is 71.8 Å². The van der Waals surface area contributed by atoms with Gasteiger partial charge < -0.3 is 28.8 Å². The van der Waals surface area contributed by atoms with E-state index in [1.165, 1.54) is 62.3 Å². The standard InChI is InChI=1S/C39H60N2O6S/c1-34(42)23-24-38(44)41(3)26-28-46-30-32-47-31-29-45-27-25-40(2)37(43)22-16-8-6-4-5-7-9-17-33-48-39(35-18-12-10-13-19-35)36-20-14-11-15-21-36/h10-15,18-21,39H,4-9,16-17,22-33H2,1-3H3. The first-order valence-electron chi connectivity index (χ1n) is 17.8. The summed E-state index contributed by atoms with van der Waals surface area (Å²) < 4.78 is 16.6. The minimum Gasteiger partial charge on any atom is -0.377 e. The number of carbonyl (C=O) groups excluding carboxylic acids is 3. The average Bonchev–Trinajstić information content (AvgIpc) is 3.10. The zero-order chi connectivity index (χ0) is 34.7. The molecule has 9 heteroatoms. The van der Waals surface area contributed by atoms with E-state index in [0.717, 1.165) is 12.8 Å². The number of carbonyl (C=O) groups is 3. The van der Waals surface area contributed by atoms with Crippen LogP contribution in [0, 0.1) is 0 Å². The van der Waals surface area contributed by atoms with Gasteiger partial charge in [-0.1, -0.05) is 99.2 Å². The van der Waals surface area contributed by atoms with Gasteiger partial charge in [-0.15, -0.1) is 11.8 Å². The molecule has 268 valence electrons. The first kappa shape index (κ1) is 41.5. The van der Waals surface area contributed by atoms with E-state index in [-0.39, 0.29) is 30.4 Å². The molecule has 0 saturated carbocycles. The van der Waals surface area contributed by atoms with E-state index in [1.807, 2.05) is 7.05 Å². The maximum atomic E-state index is 12.4. The molecule has 2 rings (SSSR count). The number of Topliss-reactive ketones (excluding diaryl/α,β-unsaturated/α-hetero) is 1. The predicted molar refractivity (Wildman–Crippen MR) is 196 cm³/mol. The van der Waals surface area contributed by atoms with E-state index in [9.17, 15) is 14.4 Å². The fourth-order valence-corrected chi connectivity index (χ4v) is 6.45. The average molecular weight is 685 g/mol. The van der Waals surface area contributed by atoms with Crippen LogP contribution in [0.2, 0.25) is 0 Å².